The number of thiophene rings is 1. The van der Waals surface area contributed by atoms with Gasteiger partial charge in [0.25, 0.3) is 0 Å². The molecule has 0 aromatic carbocycles. The van der Waals surface area contributed by atoms with Crippen molar-refractivity contribution in [1.82, 2.24) is 0 Å². The molecule has 90 valence electrons. The van der Waals surface area contributed by atoms with Crippen LogP contribution in [0.15, 0.2) is 11.4 Å². The number of Topliss-reactive ketones (excluding diaryl/α,β-unsaturated/α-hetero) is 1. The fraction of sp³-hybridized carbons (Fsp3) is 0.643. The van der Waals surface area contributed by atoms with Crippen molar-refractivity contribution in [1.29, 1.82) is 0 Å². The Morgan fingerprint density at radius 1 is 1.19 bits per heavy atom. The molecule has 0 bridgehead atoms. The molecule has 1 heterocycles. The molecule has 1 aromatic heterocycles. The maximum Gasteiger partial charge on any atom is 0.173 e. The maximum absolute atomic E-state index is 11.8. The van der Waals surface area contributed by atoms with Crippen molar-refractivity contribution in [3.63, 3.8) is 0 Å². The van der Waals surface area contributed by atoms with Crippen LogP contribution in [0.3, 0.4) is 0 Å². The van der Waals surface area contributed by atoms with E-state index in [0.29, 0.717) is 5.78 Å². The molecule has 1 rings (SSSR count). The molecule has 0 unspecified atom stereocenters. The van der Waals surface area contributed by atoms with Crippen LogP contribution >= 0.6 is 11.3 Å². The second kappa shape index (κ2) is 7.61. The molecule has 0 aliphatic carbocycles. The van der Waals surface area contributed by atoms with Crippen LogP contribution in [0.25, 0.3) is 0 Å². The fourth-order valence-electron chi connectivity index (χ4n) is 1.84. The Morgan fingerprint density at radius 2 is 1.88 bits per heavy atom. The summed E-state index contributed by atoms with van der Waals surface area (Å²) in [5, 5.41) is 2.00. The van der Waals surface area contributed by atoms with Gasteiger partial charge in [0.1, 0.15) is 0 Å². The predicted octanol–water partition coefficient (Wildman–Crippen LogP) is 4.99. The van der Waals surface area contributed by atoms with Crippen LogP contribution in [-0.4, -0.2) is 5.78 Å². The molecule has 0 N–H and O–H groups in total. The first-order valence-electron chi connectivity index (χ1n) is 6.33. The largest absolute Gasteiger partial charge is 0.293 e. The van der Waals surface area contributed by atoms with Crippen LogP contribution in [0.5, 0.6) is 0 Å². The second-order valence-corrected chi connectivity index (χ2v) is 5.29. The highest BCUT2D eigenvalue weighted by Crippen LogP contribution is 2.19. The number of rotatable bonds is 8. The lowest BCUT2D eigenvalue weighted by Gasteiger charge is -2.00. The summed E-state index contributed by atoms with van der Waals surface area (Å²) in [4.78, 5) is 12.8. The lowest BCUT2D eigenvalue weighted by molar-refractivity contribution is 0.0982. The van der Waals surface area contributed by atoms with E-state index in [9.17, 15) is 4.79 Å². The molecule has 0 radical (unpaired) electrons. The van der Waals surface area contributed by atoms with Gasteiger partial charge in [-0.3, -0.25) is 4.79 Å². The molecule has 0 aliphatic rings. The van der Waals surface area contributed by atoms with Gasteiger partial charge in [-0.25, -0.2) is 0 Å². The normalized spacial score (nSPS) is 10.6. The molecule has 0 fully saturated rings. The van der Waals surface area contributed by atoms with Gasteiger partial charge in [0.05, 0.1) is 4.88 Å². The predicted molar refractivity (Wildman–Crippen MR) is 71.4 cm³/mol. The van der Waals surface area contributed by atoms with Crippen molar-refractivity contribution in [2.75, 3.05) is 0 Å². The third kappa shape index (κ3) is 4.48. The van der Waals surface area contributed by atoms with Crippen molar-refractivity contribution in [3.8, 4) is 0 Å². The van der Waals surface area contributed by atoms with Crippen LogP contribution < -0.4 is 0 Å². The summed E-state index contributed by atoms with van der Waals surface area (Å²) in [6.45, 7) is 4.24. The number of hydrogen-bond acceptors (Lipinski definition) is 2. The van der Waals surface area contributed by atoms with Crippen LogP contribution in [0.4, 0.5) is 0 Å². The standard InChI is InChI=1S/C14H22OS/c1-3-4-5-6-7-8-9-13(15)14-12(2)10-11-16-14/h10-11H,3-9H2,1-2H3. The molecule has 0 aliphatic heterocycles. The number of carbonyl (C=O) groups is 1. The highest BCUT2D eigenvalue weighted by Gasteiger charge is 2.09. The average Bonchev–Trinajstić information content (AvgIpc) is 2.69. The first-order valence-corrected chi connectivity index (χ1v) is 7.21. The molecular weight excluding hydrogens is 216 g/mol. The molecule has 0 saturated carbocycles. The summed E-state index contributed by atoms with van der Waals surface area (Å²) in [5.41, 5.74) is 1.14. The number of carbonyl (C=O) groups excluding carboxylic acids is 1. The zero-order valence-electron chi connectivity index (χ0n) is 10.4. The minimum atomic E-state index is 0.336. The van der Waals surface area contributed by atoms with Gasteiger partial charge >= 0.3 is 0 Å². The van der Waals surface area contributed by atoms with Crippen LogP contribution in [-0.2, 0) is 0 Å². The van der Waals surface area contributed by atoms with Gasteiger partial charge in [-0.15, -0.1) is 11.3 Å². The first-order chi connectivity index (χ1) is 7.75. The summed E-state index contributed by atoms with van der Waals surface area (Å²) in [7, 11) is 0. The van der Waals surface area contributed by atoms with Gasteiger partial charge in [-0.05, 0) is 30.4 Å². The van der Waals surface area contributed by atoms with Crippen LogP contribution in [0, 0.1) is 6.92 Å². The lowest BCUT2D eigenvalue weighted by Crippen LogP contribution is -1.97. The molecule has 0 amide bonds. The van der Waals surface area contributed by atoms with E-state index >= 15 is 0 Å². The molecular formula is C14H22OS. The highest BCUT2D eigenvalue weighted by molar-refractivity contribution is 7.12. The Hall–Kier alpha value is -0.630. The lowest BCUT2D eigenvalue weighted by atomic mass is 10.1. The first kappa shape index (κ1) is 13.4. The molecule has 0 spiro atoms. The van der Waals surface area contributed by atoms with Crippen LogP contribution in [0.2, 0.25) is 0 Å². The molecule has 16 heavy (non-hydrogen) atoms. The smallest absolute Gasteiger partial charge is 0.173 e. The fourth-order valence-corrected chi connectivity index (χ4v) is 2.73. The quantitative estimate of drug-likeness (QED) is 0.460. The Bertz CT molecular complexity index is 314. The third-order valence-electron chi connectivity index (χ3n) is 2.87. The molecule has 2 heteroatoms. The molecule has 1 aromatic rings. The Labute approximate surface area is 103 Å². The van der Waals surface area contributed by atoms with E-state index < -0.39 is 0 Å². The van der Waals surface area contributed by atoms with Gasteiger partial charge in [0.2, 0.25) is 0 Å². The number of unbranched alkanes of at least 4 members (excludes halogenated alkanes) is 5. The Kier molecular flexibility index (Phi) is 6.39. The van der Waals surface area contributed by atoms with Crippen molar-refractivity contribution in [2.45, 2.75) is 58.8 Å². The van der Waals surface area contributed by atoms with Crippen LogP contribution in [0.1, 0.15) is 67.1 Å². The van der Waals surface area contributed by atoms with Crippen molar-refractivity contribution in [2.24, 2.45) is 0 Å². The highest BCUT2D eigenvalue weighted by atomic mass is 32.1. The number of aryl methyl sites for hydroxylation is 1. The van der Waals surface area contributed by atoms with E-state index in [-0.39, 0.29) is 0 Å². The molecule has 1 nitrogen and oxygen atoms in total. The average molecular weight is 238 g/mol. The van der Waals surface area contributed by atoms with E-state index in [1.54, 1.807) is 11.3 Å². The second-order valence-electron chi connectivity index (χ2n) is 4.37. The molecule has 0 saturated heterocycles. The van der Waals surface area contributed by atoms with Crippen molar-refractivity contribution in [3.05, 3.63) is 21.9 Å². The summed E-state index contributed by atoms with van der Waals surface area (Å²) in [6, 6.07) is 2.03. The Morgan fingerprint density at radius 3 is 2.50 bits per heavy atom. The van der Waals surface area contributed by atoms with Gasteiger partial charge in [-0.2, -0.15) is 0 Å². The summed E-state index contributed by atoms with van der Waals surface area (Å²) in [6.07, 6.45) is 8.21. The monoisotopic (exact) mass is 238 g/mol. The van der Waals surface area contributed by atoms with Gasteiger partial charge in [-0.1, -0.05) is 39.0 Å². The van der Waals surface area contributed by atoms with Gasteiger partial charge in [0.15, 0.2) is 5.78 Å². The zero-order valence-corrected chi connectivity index (χ0v) is 11.2. The maximum atomic E-state index is 11.8. The summed E-state index contributed by atoms with van der Waals surface area (Å²) in [5.74, 6) is 0.336. The minimum Gasteiger partial charge on any atom is -0.293 e. The summed E-state index contributed by atoms with van der Waals surface area (Å²) >= 11 is 1.58. The van der Waals surface area contributed by atoms with Gasteiger partial charge in [0, 0.05) is 6.42 Å². The zero-order chi connectivity index (χ0) is 11.8. The topological polar surface area (TPSA) is 17.1 Å². The van der Waals surface area contributed by atoms with E-state index in [2.05, 4.69) is 6.92 Å². The van der Waals surface area contributed by atoms with Crippen molar-refractivity contribution < 1.29 is 4.79 Å². The SMILES string of the molecule is CCCCCCCCC(=O)c1sccc1C. The van der Waals surface area contributed by atoms with E-state index in [1.807, 2.05) is 18.4 Å². The molecule has 0 atom stereocenters. The number of ketones is 1. The minimum absolute atomic E-state index is 0.336. The third-order valence-corrected chi connectivity index (χ3v) is 3.93. The van der Waals surface area contributed by atoms with E-state index in [0.717, 1.165) is 23.3 Å². The van der Waals surface area contributed by atoms with E-state index in [1.165, 1.54) is 32.1 Å². The summed E-state index contributed by atoms with van der Waals surface area (Å²) < 4.78 is 0. The van der Waals surface area contributed by atoms with E-state index in [4.69, 9.17) is 0 Å². The Balaban J connectivity index is 2.14. The number of hydrogen-bond donors (Lipinski definition) is 0. The van der Waals surface area contributed by atoms with Gasteiger partial charge < -0.3 is 0 Å². The van der Waals surface area contributed by atoms with Crippen molar-refractivity contribution >= 4 is 17.1 Å².